The molecule has 1 amide bonds. The summed E-state index contributed by atoms with van der Waals surface area (Å²) in [6.07, 6.45) is -0.129. The number of hydrogen-bond acceptors (Lipinski definition) is 5. The minimum absolute atomic E-state index is 0.129. The Morgan fingerprint density at radius 2 is 2.41 bits per heavy atom. The van der Waals surface area contributed by atoms with E-state index < -0.39 is 0 Å². The summed E-state index contributed by atoms with van der Waals surface area (Å²) in [5.41, 5.74) is -0.174. The standard InChI is InChI=1S/C10H13N3O4/c14-9-2-1-8(12-13-9)10(15)11-5-7-6-16-3-4-17-7/h1-2,7H,3-6H2,(H,11,15)(H,13,14). The van der Waals surface area contributed by atoms with E-state index in [0.717, 1.165) is 0 Å². The van der Waals surface area contributed by atoms with Crippen molar-refractivity contribution in [3.05, 3.63) is 28.2 Å². The second-order valence-electron chi connectivity index (χ2n) is 3.58. The molecule has 1 fully saturated rings. The largest absolute Gasteiger partial charge is 0.376 e. The summed E-state index contributed by atoms with van der Waals surface area (Å²) in [4.78, 5) is 22.4. The van der Waals surface area contributed by atoms with Crippen molar-refractivity contribution >= 4 is 5.91 Å². The van der Waals surface area contributed by atoms with Crippen LogP contribution in [0.5, 0.6) is 0 Å². The van der Waals surface area contributed by atoms with Gasteiger partial charge in [-0.3, -0.25) is 9.59 Å². The molecule has 92 valence electrons. The van der Waals surface area contributed by atoms with E-state index in [0.29, 0.717) is 26.4 Å². The summed E-state index contributed by atoms with van der Waals surface area (Å²) in [6, 6.07) is 2.62. The molecule has 1 unspecified atom stereocenters. The number of nitrogens with zero attached hydrogens (tertiary/aromatic N) is 1. The fraction of sp³-hybridized carbons (Fsp3) is 0.500. The summed E-state index contributed by atoms with van der Waals surface area (Å²) < 4.78 is 10.6. The van der Waals surface area contributed by atoms with Gasteiger partial charge < -0.3 is 14.8 Å². The molecular weight excluding hydrogens is 226 g/mol. The molecular formula is C10H13N3O4. The van der Waals surface area contributed by atoms with E-state index in [2.05, 4.69) is 15.5 Å². The zero-order chi connectivity index (χ0) is 12.1. The minimum atomic E-state index is -0.351. The lowest BCUT2D eigenvalue weighted by molar-refractivity contribution is -0.0855. The number of H-pyrrole nitrogens is 1. The fourth-order valence-electron chi connectivity index (χ4n) is 1.42. The molecule has 0 radical (unpaired) electrons. The quantitative estimate of drug-likeness (QED) is 0.699. The molecule has 2 N–H and O–H groups in total. The Bertz CT molecular complexity index is 419. The maximum Gasteiger partial charge on any atom is 0.271 e. The number of ether oxygens (including phenoxy) is 2. The molecule has 1 saturated heterocycles. The molecule has 1 aromatic heterocycles. The second-order valence-corrected chi connectivity index (χ2v) is 3.58. The van der Waals surface area contributed by atoms with E-state index in [1.54, 1.807) is 0 Å². The van der Waals surface area contributed by atoms with Crippen LogP contribution in [0.4, 0.5) is 0 Å². The highest BCUT2D eigenvalue weighted by atomic mass is 16.6. The highest BCUT2D eigenvalue weighted by Gasteiger charge is 2.16. The average Bonchev–Trinajstić information content (AvgIpc) is 2.38. The normalized spacial score (nSPS) is 19.9. The topological polar surface area (TPSA) is 93.3 Å². The van der Waals surface area contributed by atoms with Crippen molar-refractivity contribution in [2.75, 3.05) is 26.4 Å². The lowest BCUT2D eigenvalue weighted by Crippen LogP contribution is -2.40. The number of carbonyl (C=O) groups excluding carboxylic acids is 1. The third-order valence-electron chi connectivity index (χ3n) is 2.29. The highest BCUT2D eigenvalue weighted by Crippen LogP contribution is 1.99. The first kappa shape index (κ1) is 11.7. The van der Waals surface area contributed by atoms with E-state index in [-0.39, 0.29) is 23.3 Å². The summed E-state index contributed by atoms with van der Waals surface area (Å²) in [5.74, 6) is -0.351. The van der Waals surface area contributed by atoms with Crippen LogP contribution in [0.2, 0.25) is 0 Å². The third kappa shape index (κ3) is 3.36. The van der Waals surface area contributed by atoms with E-state index in [1.807, 2.05) is 0 Å². The van der Waals surface area contributed by atoms with Crippen molar-refractivity contribution in [1.82, 2.24) is 15.5 Å². The predicted octanol–water partition coefficient (Wildman–Crippen LogP) is -1.08. The molecule has 7 heteroatoms. The van der Waals surface area contributed by atoms with Gasteiger partial charge in [0.1, 0.15) is 5.69 Å². The molecule has 0 aliphatic carbocycles. The smallest absolute Gasteiger partial charge is 0.271 e. The van der Waals surface area contributed by atoms with E-state index in [9.17, 15) is 9.59 Å². The van der Waals surface area contributed by atoms with Crippen LogP contribution in [-0.4, -0.2) is 48.6 Å². The van der Waals surface area contributed by atoms with Gasteiger partial charge in [0.05, 0.1) is 25.9 Å². The molecule has 1 aromatic rings. The maximum absolute atomic E-state index is 11.6. The Morgan fingerprint density at radius 3 is 3.06 bits per heavy atom. The van der Waals surface area contributed by atoms with Gasteiger partial charge in [0, 0.05) is 12.6 Å². The van der Waals surface area contributed by atoms with E-state index >= 15 is 0 Å². The van der Waals surface area contributed by atoms with Crippen molar-refractivity contribution in [3.63, 3.8) is 0 Å². The molecule has 0 saturated carbocycles. The Labute approximate surface area is 97.1 Å². The summed E-state index contributed by atoms with van der Waals surface area (Å²) >= 11 is 0. The summed E-state index contributed by atoms with van der Waals surface area (Å²) in [5, 5.41) is 8.48. The molecule has 1 aliphatic heterocycles. The predicted molar refractivity (Wildman–Crippen MR) is 57.7 cm³/mol. The van der Waals surface area contributed by atoms with Crippen LogP contribution < -0.4 is 10.9 Å². The van der Waals surface area contributed by atoms with Crippen LogP contribution in [-0.2, 0) is 9.47 Å². The number of aromatic amines is 1. The zero-order valence-electron chi connectivity index (χ0n) is 9.14. The first-order valence-electron chi connectivity index (χ1n) is 5.29. The first-order chi connectivity index (χ1) is 8.25. The fourth-order valence-corrected chi connectivity index (χ4v) is 1.42. The SMILES string of the molecule is O=C(NCC1COCCO1)c1ccc(=O)[nH]n1. The number of aromatic nitrogens is 2. The van der Waals surface area contributed by atoms with Gasteiger partial charge in [0.25, 0.3) is 11.5 Å². The molecule has 1 aliphatic rings. The first-order valence-corrected chi connectivity index (χ1v) is 5.29. The third-order valence-corrected chi connectivity index (χ3v) is 2.29. The highest BCUT2D eigenvalue weighted by molar-refractivity contribution is 5.91. The molecule has 0 aromatic carbocycles. The van der Waals surface area contributed by atoms with Crippen molar-refractivity contribution in [3.8, 4) is 0 Å². The van der Waals surface area contributed by atoms with Gasteiger partial charge in [-0.25, -0.2) is 5.10 Å². The molecule has 0 bridgehead atoms. The lowest BCUT2D eigenvalue weighted by atomic mass is 10.3. The van der Waals surface area contributed by atoms with Crippen LogP contribution in [0.25, 0.3) is 0 Å². The van der Waals surface area contributed by atoms with Crippen LogP contribution in [0.1, 0.15) is 10.5 Å². The van der Waals surface area contributed by atoms with Crippen molar-refractivity contribution < 1.29 is 14.3 Å². The van der Waals surface area contributed by atoms with Crippen LogP contribution in [0, 0.1) is 0 Å². The monoisotopic (exact) mass is 239 g/mol. The van der Waals surface area contributed by atoms with Crippen molar-refractivity contribution in [2.24, 2.45) is 0 Å². The molecule has 17 heavy (non-hydrogen) atoms. The molecule has 2 rings (SSSR count). The van der Waals surface area contributed by atoms with Gasteiger partial charge in [0.2, 0.25) is 0 Å². The number of hydrogen-bond donors (Lipinski definition) is 2. The molecule has 1 atom stereocenters. The maximum atomic E-state index is 11.6. The Kier molecular flexibility index (Phi) is 3.84. The molecule has 7 nitrogen and oxygen atoms in total. The van der Waals surface area contributed by atoms with E-state index in [1.165, 1.54) is 12.1 Å². The zero-order valence-corrected chi connectivity index (χ0v) is 9.14. The van der Waals surface area contributed by atoms with Gasteiger partial charge in [-0.2, -0.15) is 5.10 Å². The van der Waals surface area contributed by atoms with Gasteiger partial charge >= 0.3 is 0 Å². The van der Waals surface area contributed by atoms with Gasteiger partial charge in [-0.15, -0.1) is 0 Å². The van der Waals surface area contributed by atoms with Gasteiger partial charge in [0.15, 0.2) is 0 Å². The number of amides is 1. The van der Waals surface area contributed by atoms with E-state index in [4.69, 9.17) is 9.47 Å². The van der Waals surface area contributed by atoms with Crippen LogP contribution in [0.15, 0.2) is 16.9 Å². The Balaban J connectivity index is 1.84. The number of rotatable bonds is 3. The van der Waals surface area contributed by atoms with Crippen LogP contribution >= 0.6 is 0 Å². The second kappa shape index (κ2) is 5.55. The Morgan fingerprint density at radius 1 is 1.53 bits per heavy atom. The van der Waals surface area contributed by atoms with Crippen LogP contribution in [0.3, 0.4) is 0 Å². The van der Waals surface area contributed by atoms with Crippen molar-refractivity contribution in [1.29, 1.82) is 0 Å². The number of nitrogens with one attached hydrogen (secondary N) is 2. The summed E-state index contributed by atoms with van der Waals surface area (Å²) in [6.45, 7) is 1.96. The average molecular weight is 239 g/mol. The molecule has 0 spiro atoms. The number of carbonyl (C=O) groups is 1. The summed E-state index contributed by atoms with van der Waals surface area (Å²) in [7, 11) is 0. The van der Waals surface area contributed by atoms with Crippen molar-refractivity contribution in [2.45, 2.75) is 6.10 Å². The van der Waals surface area contributed by atoms with Gasteiger partial charge in [-0.1, -0.05) is 0 Å². The van der Waals surface area contributed by atoms with Gasteiger partial charge in [-0.05, 0) is 6.07 Å². The molecule has 2 heterocycles. The minimum Gasteiger partial charge on any atom is -0.376 e. The lowest BCUT2D eigenvalue weighted by Gasteiger charge is -2.22. The Hall–Kier alpha value is -1.73.